The molecular formula is C15H16FN3O3S. The van der Waals surface area contributed by atoms with Gasteiger partial charge in [0.25, 0.3) is 5.56 Å². The third-order valence-electron chi connectivity index (χ3n) is 2.99. The number of H-pyrrole nitrogens is 1. The lowest BCUT2D eigenvalue weighted by Crippen LogP contribution is -2.36. The summed E-state index contributed by atoms with van der Waals surface area (Å²) >= 11 is 1.50. The van der Waals surface area contributed by atoms with E-state index in [0.717, 1.165) is 4.57 Å². The number of carbonyl (C=O) groups excluding carboxylic acids is 1. The third kappa shape index (κ3) is 5.41. The maximum absolute atomic E-state index is 13.4. The van der Waals surface area contributed by atoms with Gasteiger partial charge in [-0.15, -0.1) is 0 Å². The number of rotatable bonds is 7. The van der Waals surface area contributed by atoms with Gasteiger partial charge in [-0.1, -0.05) is 18.2 Å². The number of halogens is 1. The average Bonchev–Trinajstić information content (AvgIpc) is 2.51. The second-order valence-corrected chi connectivity index (χ2v) is 5.84. The highest BCUT2D eigenvalue weighted by molar-refractivity contribution is 7.98. The van der Waals surface area contributed by atoms with Crippen LogP contribution in [0, 0.1) is 5.82 Å². The summed E-state index contributed by atoms with van der Waals surface area (Å²) in [7, 11) is 0. The van der Waals surface area contributed by atoms with Crippen LogP contribution in [0.2, 0.25) is 0 Å². The number of nitrogens with one attached hydrogen (secondary N) is 2. The smallest absolute Gasteiger partial charge is 0.328 e. The molecule has 1 aromatic heterocycles. The first-order valence-corrected chi connectivity index (χ1v) is 8.09. The Morgan fingerprint density at radius 2 is 2.04 bits per heavy atom. The van der Waals surface area contributed by atoms with Gasteiger partial charge in [-0.05, 0) is 11.6 Å². The lowest BCUT2D eigenvalue weighted by molar-refractivity contribution is -0.121. The third-order valence-corrected chi connectivity index (χ3v) is 4.00. The number of amides is 1. The highest BCUT2D eigenvalue weighted by Gasteiger charge is 2.05. The zero-order valence-electron chi connectivity index (χ0n) is 12.3. The maximum Gasteiger partial charge on any atom is 0.328 e. The van der Waals surface area contributed by atoms with E-state index in [0.29, 0.717) is 23.6 Å². The highest BCUT2D eigenvalue weighted by Crippen LogP contribution is 2.14. The van der Waals surface area contributed by atoms with Crippen LogP contribution in [-0.4, -0.2) is 27.8 Å². The highest BCUT2D eigenvalue weighted by atomic mass is 32.2. The Labute approximate surface area is 135 Å². The summed E-state index contributed by atoms with van der Waals surface area (Å²) in [6.45, 7) is 0.254. The molecule has 0 spiro atoms. The molecular weight excluding hydrogens is 321 g/mol. The quantitative estimate of drug-likeness (QED) is 0.730. The Morgan fingerprint density at radius 1 is 1.26 bits per heavy atom. The van der Waals surface area contributed by atoms with Crippen molar-refractivity contribution in [1.29, 1.82) is 0 Å². The van der Waals surface area contributed by atoms with E-state index in [-0.39, 0.29) is 18.3 Å². The molecule has 23 heavy (non-hydrogen) atoms. The van der Waals surface area contributed by atoms with Crippen LogP contribution < -0.4 is 16.6 Å². The van der Waals surface area contributed by atoms with Crippen molar-refractivity contribution in [2.75, 3.05) is 12.3 Å². The van der Waals surface area contributed by atoms with E-state index >= 15 is 0 Å². The minimum atomic E-state index is -0.624. The van der Waals surface area contributed by atoms with Crippen LogP contribution in [0.25, 0.3) is 0 Å². The topological polar surface area (TPSA) is 84.0 Å². The van der Waals surface area contributed by atoms with Gasteiger partial charge in [-0.3, -0.25) is 19.1 Å². The predicted molar refractivity (Wildman–Crippen MR) is 86.9 cm³/mol. The average molecular weight is 337 g/mol. The van der Waals surface area contributed by atoms with E-state index in [2.05, 4.69) is 10.3 Å². The van der Waals surface area contributed by atoms with Gasteiger partial charge in [-0.25, -0.2) is 9.18 Å². The standard InChI is InChI=1S/C15H16FN3O3S/c16-12-4-2-1-3-11(12)10-23-8-6-17-14(21)9-19-7-5-13(20)18-15(19)22/h1-5,7H,6,8-10H2,(H,17,21)(H,18,20,22). The number of hydrogen-bond acceptors (Lipinski definition) is 4. The zero-order valence-corrected chi connectivity index (χ0v) is 13.1. The molecule has 0 bridgehead atoms. The van der Waals surface area contributed by atoms with Crippen LogP contribution >= 0.6 is 11.8 Å². The normalized spacial score (nSPS) is 10.5. The zero-order chi connectivity index (χ0) is 16.7. The second kappa shape index (κ2) is 8.33. The Hall–Kier alpha value is -2.35. The largest absolute Gasteiger partial charge is 0.354 e. The molecule has 1 heterocycles. The molecule has 0 radical (unpaired) electrons. The number of carbonyl (C=O) groups is 1. The molecule has 0 aliphatic carbocycles. The molecule has 8 heteroatoms. The van der Waals surface area contributed by atoms with Gasteiger partial charge < -0.3 is 5.32 Å². The van der Waals surface area contributed by atoms with E-state index in [4.69, 9.17) is 0 Å². The molecule has 1 aromatic carbocycles. The Bertz CT molecular complexity index is 788. The fourth-order valence-electron chi connectivity index (χ4n) is 1.84. The van der Waals surface area contributed by atoms with Crippen molar-refractivity contribution in [3.05, 3.63) is 68.7 Å². The molecule has 1 amide bonds. The Kier molecular flexibility index (Phi) is 6.16. The minimum Gasteiger partial charge on any atom is -0.354 e. The van der Waals surface area contributed by atoms with Crippen molar-refractivity contribution in [1.82, 2.24) is 14.9 Å². The van der Waals surface area contributed by atoms with E-state index < -0.39 is 11.2 Å². The predicted octanol–water partition coefficient (Wildman–Crippen LogP) is 0.725. The van der Waals surface area contributed by atoms with Gasteiger partial charge >= 0.3 is 5.69 Å². The number of thioether (sulfide) groups is 1. The van der Waals surface area contributed by atoms with Gasteiger partial charge in [0.05, 0.1) is 0 Å². The second-order valence-electron chi connectivity index (χ2n) is 4.73. The van der Waals surface area contributed by atoms with E-state index in [9.17, 15) is 18.8 Å². The van der Waals surface area contributed by atoms with E-state index in [1.807, 2.05) is 0 Å². The van der Waals surface area contributed by atoms with Crippen molar-refractivity contribution < 1.29 is 9.18 Å². The van der Waals surface area contributed by atoms with Gasteiger partial charge in [0, 0.05) is 30.3 Å². The van der Waals surface area contributed by atoms with E-state index in [1.54, 1.807) is 18.2 Å². The van der Waals surface area contributed by atoms with Crippen LogP contribution in [-0.2, 0) is 17.1 Å². The summed E-state index contributed by atoms with van der Waals surface area (Å²) in [6.07, 6.45) is 1.27. The van der Waals surface area contributed by atoms with Gasteiger partial charge in [0.15, 0.2) is 0 Å². The molecule has 6 nitrogen and oxygen atoms in total. The number of aromatic amines is 1. The molecule has 0 unspecified atom stereocenters. The SMILES string of the molecule is O=C(Cn1ccc(=O)[nH]c1=O)NCCSCc1ccccc1F. The van der Waals surface area contributed by atoms with Crippen LogP contribution in [0.3, 0.4) is 0 Å². The first-order valence-electron chi connectivity index (χ1n) is 6.94. The molecule has 0 saturated carbocycles. The lowest BCUT2D eigenvalue weighted by Gasteiger charge is -2.07. The molecule has 2 rings (SSSR count). The molecule has 0 fully saturated rings. The lowest BCUT2D eigenvalue weighted by atomic mass is 10.2. The van der Waals surface area contributed by atoms with Crippen LogP contribution in [0.5, 0.6) is 0 Å². The molecule has 122 valence electrons. The fraction of sp³-hybridized carbons (Fsp3) is 0.267. The number of hydrogen-bond donors (Lipinski definition) is 2. The van der Waals surface area contributed by atoms with Crippen molar-refractivity contribution in [3.63, 3.8) is 0 Å². The number of nitrogens with zero attached hydrogens (tertiary/aromatic N) is 1. The Balaban J connectivity index is 1.70. The first-order chi connectivity index (χ1) is 11.1. The summed E-state index contributed by atoms with van der Waals surface area (Å²) in [5.74, 6) is 0.592. The molecule has 0 saturated heterocycles. The van der Waals surface area contributed by atoms with Crippen molar-refractivity contribution in [3.8, 4) is 0 Å². The van der Waals surface area contributed by atoms with Gasteiger partial charge in [0.2, 0.25) is 5.91 Å². The van der Waals surface area contributed by atoms with Crippen molar-refractivity contribution in [2.24, 2.45) is 0 Å². The summed E-state index contributed by atoms with van der Waals surface area (Å²) < 4.78 is 14.5. The summed E-state index contributed by atoms with van der Waals surface area (Å²) in [5.41, 5.74) is -0.499. The fourth-order valence-corrected chi connectivity index (χ4v) is 2.68. The Morgan fingerprint density at radius 3 is 2.78 bits per heavy atom. The maximum atomic E-state index is 13.4. The first kappa shape index (κ1) is 17.0. The number of aromatic nitrogens is 2. The van der Waals surface area contributed by atoms with E-state index in [1.165, 1.54) is 30.1 Å². The summed E-state index contributed by atoms with van der Waals surface area (Å²) in [5, 5.41) is 2.67. The monoisotopic (exact) mass is 337 g/mol. The minimum absolute atomic E-state index is 0.159. The van der Waals surface area contributed by atoms with Crippen molar-refractivity contribution >= 4 is 17.7 Å². The molecule has 0 atom stereocenters. The molecule has 0 aliphatic heterocycles. The van der Waals surface area contributed by atoms with Crippen LogP contribution in [0.1, 0.15) is 5.56 Å². The summed E-state index contributed by atoms with van der Waals surface area (Å²) in [4.78, 5) is 36.1. The van der Waals surface area contributed by atoms with Crippen molar-refractivity contribution in [2.45, 2.75) is 12.3 Å². The molecule has 0 aliphatic rings. The van der Waals surface area contributed by atoms with Crippen LogP contribution in [0.15, 0.2) is 46.1 Å². The van der Waals surface area contributed by atoms with Gasteiger partial charge in [0.1, 0.15) is 12.4 Å². The van der Waals surface area contributed by atoms with Crippen LogP contribution in [0.4, 0.5) is 4.39 Å². The number of benzene rings is 1. The van der Waals surface area contributed by atoms with Gasteiger partial charge in [-0.2, -0.15) is 11.8 Å². The molecule has 2 aromatic rings. The summed E-state index contributed by atoms with van der Waals surface area (Å²) in [6, 6.07) is 7.74. The molecule has 2 N–H and O–H groups in total.